The van der Waals surface area contributed by atoms with Crippen molar-refractivity contribution in [3.63, 3.8) is 0 Å². The molecule has 0 aliphatic carbocycles. The largest absolute Gasteiger partial charge is 0.462 e. The molecule has 0 aromatic heterocycles. The van der Waals surface area contributed by atoms with Gasteiger partial charge in [0, 0.05) is 0 Å². The summed E-state index contributed by atoms with van der Waals surface area (Å²) in [6.45, 7) is 7.69. The van der Waals surface area contributed by atoms with E-state index in [9.17, 15) is 9.59 Å². The van der Waals surface area contributed by atoms with Crippen LogP contribution in [-0.2, 0) is 9.53 Å². The Hall–Kier alpha value is -1.84. The van der Waals surface area contributed by atoms with Crippen LogP contribution in [0.1, 0.15) is 44.5 Å². The fourth-order valence-corrected chi connectivity index (χ4v) is 1.26. The SMILES string of the molecule is CCOC(=O)c1ccc(OC(=O)C(C)(C)CC)cc1. The Kier molecular flexibility index (Phi) is 5.10. The van der Waals surface area contributed by atoms with E-state index in [0.29, 0.717) is 24.3 Å². The number of benzene rings is 1. The van der Waals surface area contributed by atoms with Crippen molar-refractivity contribution in [2.45, 2.75) is 34.1 Å². The third-order valence-corrected chi connectivity index (χ3v) is 3.01. The van der Waals surface area contributed by atoms with Gasteiger partial charge in [-0.3, -0.25) is 4.79 Å². The van der Waals surface area contributed by atoms with Gasteiger partial charge in [0.05, 0.1) is 17.6 Å². The number of carbonyl (C=O) groups is 2. The van der Waals surface area contributed by atoms with E-state index in [1.807, 2.05) is 20.8 Å². The molecule has 0 N–H and O–H groups in total. The molecule has 104 valence electrons. The molecule has 0 aliphatic rings. The number of esters is 2. The minimum absolute atomic E-state index is 0.279. The molecule has 0 fully saturated rings. The molecule has 0 bridgehead atoms. The maximum absolute atomic E-state index is 11.9. The van der Waals surface area contributed by atoms with Crippen LogP contribution in [0.25, 0.3) is 0 Å². The van der Waals surface area contributed by atoms with Crippen LogP contribution in [0.4, 0.5) is 0 Å². The van der Waals surface area contributed by atoms with Gasteiger partial charge in [-0.15, -0.1) is 0 Å². The van der Waals surface area contributed by atoms with E-state index in [-0.39, 0.29) is 11.9 Å². The number of hydrogen-bond acceptors (Lipinski definition) is 4. The van der Waals surface area contributed by atoms with Crippen molar-refractivity contribution in [3.8, 4) is 5.75 Å². The van der Waals surface area contributed by atoms with Gasteiger partial charge in [0.1, 0.15) is 5.75 Å². The maximum Gasteiger partial charge on any atom is 0.338 e. The molecule has 0 saturated heterocycles. The lowest BCUT2D eigenvalue weighted by molar-refractivity contribution is -0.144. The molecule has 19 heavy (non-hydrogen) atoms. The first kappa shape index (κ1) is 15.2. The lowest BCUT2D eigenvalue weighted by Gasteiger charge is -2.20. The standard InChI is InChI=1S/C15H20O4/c1-5-15(3,4)14(17)19-12-9-7-11(8-10-12)13(16)18-6-2/h7-10H,5-6H2,1-4H3. The fourth-order valence-electron chi connectivity index (χ4n) is 1.26. The molecule has 1 aromatic carbocycles. The van der Waals surface area contributed by atoms with Crippen LogP contribution in [0.2, 0.25) is 0 Å². The van der Waals surface area contributed by atoms with Crippen LogP contribution >= 0.6 is 0 Å². The van der Waals surface area contributed by atoms with Gasteiger partial charge in [0.25, 0.3) is 0 Å². The predicted molar refractivity (Wildman–Crippen MR) is 72.1 cm³/mol. The molecule has 0 saturated carbocycles. The zero-order chi connectivity index (χ0) is 14.5. The van der Waals surface area contributed by atoms with Crippen LogP contribution in [0.5, 0.6) is 5.75 Å². The number of carbonyl (C=O) groups excluding carboxylic acids is 2. The summed E-state index contributed by atoms with van der Waals surface area (Å²) in [5.74, 6) is -0.229. The lowest BCUT2D eigenvalue weighted by atomic mass is 9.91. The fraction of sp³-hybridized carbons (Fsp3) is 0.467. The number of hydrogen-bond donors (Lipinski definition) is 0. The van der Waals surface area contributed by atoms with E-state index < -0.39 is 5.41 Å². The summed E-state index contributed by atoms with van der Waals surface area (Å²) in [5.41, 5.74) is -0.0730. The van der Waals surface area contributed by atoms with Gasteiger partial charge in [-0.05, 0) is 51.5 Å². The summed E-state index contributed by atoms with van der Waals surface area (Å²) < 4.78 is 10.1. The Bertz CT molecular complexity index is 446. The minimum atomic E-state index is -0.514. The van der Waals surface area contributed by atoms with Crippen molar-refractivity contribution in [1.29, 1.82) is 0 Å². The number of ether oxygens (including phenoxy) is 2. The summed E-state index contributed by atoms with van der Waals surface area (Å²) in [6.07, 6.45) is 0.701. The summed E-state index contributed by atoms with van der Waals surface area (Å²) in [4.78, 5) is 23.3. The van der Waals surface area contributed by atoms with Crippen molar-refractivity contribution in [3.05, 3.63) is 29.8 Å². The van der Waals surface area contributed by atoms with Crippen LogP contribution in [0.15, 0.2) is 24.3 Å². The van der Waals surface area contributed by atoms with E-state index in [4.69, 9.17) is 9.47 Å². The summed E-state index contributed by atoms with van der Waals surface area (Å²) in [6, 6.07) is 6.35. The molecule has 1 aromatic rings. The summed E-state index contributed by atoms with van der Waals surface area (Å²) >= 11 is 0. The van der Waals surface area contributed by atoms with Crippen molar-refractivity contribution in [1.82, 2.24) is 0 Å². The molecular formula is C15H20O4. The highest BCUT2D eigenvalue weighted by molar-refractivity contribution is 5.89. The molecule has 0 aliphatic heterocycles. The van der Waals surface area contributed by atoms with Gasteiger partial charge in [0.15, 0.2) is 0 Å². The molecule has 0 radical (unpaired) electrons. The highest BCUT2D eigenvalue weighted by Crippen LogP contribution is 2.23. The van der Waals surface area contributed by atoms with Gasteiger partial charge in [-0.2, -0.15) is 0 Å². The molecule has 0 heterocycles. The van der Waals surface area contributed by atoms with Crippen molar-refractivity contribution in [2.24, 2.45) is 5.41 Å². The second-order valence-electron chi connectivity index (χ2n) is 4.87. The first-order chi connectivity index (χ1) is 8.90. The highest BCUT2D eigenvalue weighted by Gasteiger charge is 2.27. The average Bonchev–Trinajstić information content (AvgIpc) is 2.39. The smallest absolute Gasteiger partial charge is 0.338 e. The van der Waals surface area contributed by atoms with Crippen molar-refractivity contribution in [2.75, 3.05) is 6.61 Å². The van der Waals surface area contributed by atoms with Gasteiger partial charge < -0.3 is 9.47 Å². The molecular weight excluding hydrogens is 244 g/mol. The van der Waals surface area contributed by atoms with E-state index in [2.05, 4.69) is 0 Å². The van der Waals surface area contributed by atoms with E-state index >= 15 is 0 Å². The zero-order valence-electron chi connectivity index (χ0n) is 11.9. The van der Waals surface area contributed by atoms with Crippen LogP contribution in [0.3, 0.4) is 0 Å². The normalized spacial score (nSPS) is 10.9. The lowest BCUT2D eigenvalue weighted by Crippen LogP contribution is -2.28. The van der Waals surface area contributed by atoms with Gasteiger partial charge in [0.2, 0.25) is 0 Å². The number of rotatable bonds is 5. The molecule has 0 unspecified atom stereocenters. The second-order valence-corrected chi connectivity index (χ2v) is 4.87. The quantitative estimate of drug-likeness (QED) is 0.605. The molecule has 0 spiro atoms. The third-order valence-electron chi connectivity index (χ3n) is 3.01. The van der Waals surface area contributed by atoms with Gasteiger partial charge in [-0.1, -0.05) is 6.92 Å². The molecule has 0 atom stereocenters. The monoisotopic (exact) mass is 264 g/mol. The summed E-state index contributed by atoms with van der Waals surface area (Å²) in [5, 5.41) is 0. The van der Waals surface area contributed by atoms with Crippen molar-refractivity contribution >= 4 is 11.9 Å². The Morgan fingerprint density at radius 2 is 1.68 bits per heavy atom. The third kappa shape index (κ3) is 4.09. The topological polar surface area (TPSA) is 52.6 Å². The second kappa shape index (κ2) is 6.36. The average molecular weight is 264 g/mol. The first-order valence-electron chi connectivity index (χ1n) is 6.40. The maximum atomic E-state index is 11.9. The summed E-state index contributed by atoms with van der Waals surface area (Å²) in [7, 11) is 0. The predicted octanol–water partition coefficient (Wildman–Crippen LogP) is 3.20. The minimum Gasteiger partial charge on any atom is -0.462 e. The Morgan fingerprint density at radius 3 is 2.16 bits per heavy atom. The molecule has 1 rings (SSSR count). The van der Waals surface area contributed by atoms with E-state index in [0.717, 1.165) is 0 Å². The van der Waals surface area contributed by atoms with E-state index in [1.165, 1.54) is 0 Å². The molecule has 0 amide bonds. The first-order valence-corrected chi connectivity index (χ1v) is 6.40. The van der Waals surface area contributed by atoms with Gasteiger partial charge in [-0.25, -0.2) is 4.79 Å². The van der Waals surface area contributed by atoms with E-state index in [1.54, 1.807) is 31.2 Å². The van der Waals surface area contributed by atoms with Crippen LogP contribution in [-0.4, -0.2) is 18.5 Å². The van der Waals surface area contributed by atoms with Crippen LogP contribution in [0, 0.1) is 5.41 Å². The van der Waals surface area contributed by atoms with Gasteiger partial charge >= 0.3 is 11.9 Å². The van der Waals surface area contributed by atoms with Crippen molar-refractivity contribution < 1.29 is 19.1 Å². The Labute approximate surface area is 113 Å². The highest BCUT2D eigenvalue weighted by atomic mass is 16.5. The zero-order valence-corrected chi connectivity index (χ0v) is 11.9. The Morgan fingerprint density at radius 1 is 1.11 bits per heavy atom. The molecule has 4 heteroatoms. The van der Waals surface area contributed by atoms with Crippen LogP contribution < -0.4 is 4.74 Å². The Balaban J connectivity index is 2.72. The molecule has 4 nitrogen and oxygen atoms in total.